The quantitative estimate of drug-likeness (QED) is 0.308. The second-order valence-electron chi connectivity index (χ2n) is 5.71. The van der Waals surface area contributed by atoms with Crippen LogP contribution in [0.1, 0.15) is 17.5 Å². The fourth-order valence-corrected chi connectivity index (χ4v) is 5.56. The molecule has 0 fully saturated rings. The Morgan fingerprint density at radius 1 is 0.808 bits per heavy atom. The van der Waals surface area contributed by atoms with E-state index in [0.717, 1.165) is 6.42 Å². The van der Waals surface area contributed by atoms with Gasteiger partial charge in [0.15, 0.2) is 0 Å². The molecule has 0 spiro atoms. The number of hydrogen-bond donors (Lipinski definition) is 0. The molecule has 134 valence electrons. The summed E-state index contributed by atoms with van der Waals surface area (Å²) in [6.07, 6.45) is 0.787. The summed E-state index contributed by atoms with van der Waals surface area (Å²) in [5.41, 5.74) is 2.36. The van der Waals surface area contributed by atoms with Crippen molar-refractivity contribution in [2.24, 2.45) is 0 Å². The highest BCUT2D eigenvalue weighted by Gasteiger charge is 2.31. The smallest absolute Gasteiger partial charge is 0.271 e. The first-order valence-corrected chi connectivity index (χ1v) is 11.6. The largest absolute Gasteiger partial charge is 0.393 e. The van der Waals surface area contributed by atoms with Crippen LogP contribution < -0.4 is 4.18 Å². The van der Waals surface area contributed by atoms with Crippen LogP contribution in [0.2, 0.25) is 0 Å². The zero-order valence-corrected chi connectivity index (χ0v) is 17.3. The minimum absolute atomic E-state index is 0.320. The van der Waals surface area contributed by atoms with Gasteiger partial charge in [0.1, 0.15) is 5.75 Å². The summed E-state index contributed by atoms with van der Waals surface area (Å²) in [7, 11) is -0.115. The molecule has 0 saturated carbocycles. The van der Waals surface area contributed by atoms with Crippen LogP contribution in [-0.4, -0.2) is 9.96 Å². The van der Waals surface area contributed by atoms with Gasteiger partial charge >= 0.3 is 0 Å². The molecule has 0 N–H and O–H groups in total. The maximum Gasteiger partial charge on any atom is 0.271 e. The molecule has 26 heavy (non-hydrogen) atoms. The lowest BCUT2D eigenvalue weighted by Crippen LogP contribution is -2.21. The third kappa shape index (κ3) is 5.00. The molecule has 0 aliphatic carbocycles. The monoisotopic (exact) mass is 446 g/mol. The number of rotatable bonds is 8. The van der Waals surface area contributed by atoms with Crippen molar-refractivity contribution in [3.05, 3.63) is 102 Å². The van der Waals surface area contributed by atoms with E-state index in [-0.39, 0.29) is 4.32 Å². The van der Waals surface area contributed by atoms with Crippen molar-refractivity contribution in [3.8, 4) is 5.75 Å². The summed E-state index contributed by atoms with van der Waals surface area (Å²) >= 11 is 3.97. The van der Waals surface area contributed by atoms with E-state index < -0.39 is 10.1 Å². The average Bonchev–Trinajstić information content (AvgIpc) is 2.70. The summed E-state index contributed by atoms with van der Waals surface area (Å²) in [6.45, 7) is 0. The van der Waals surface area contributed by atoms with E-state index >= 15 is 0 Å². The lowest BCUT2D eigenvalue weighted by atomic mass is 9.89. The van der Waals surface area contributed by atoms with Crippen LogP contribution in [0, 0.1) is 0 Å². The van der Waals surface area contributed by atoms with Gasteiger partial charge in [0.05, 0.1) is 4.32 Å². The minimum Gasteiger partial charge on any atom is -0.393 e. The van der Waals surface area contributed by atoms with Crippen LogP contribution in [0.15, 0.2) is 91.0 Å². The van der Waals surface area contributed by atoms with Crippen LogP contribution in [0.25, 0.3) is 0 Å². The lowest BCUT2D eigenvalue weighted by molar-refractivity contribution is 0.577. The van der Waals surface area contributed by atoms with E-state index in [0.29, 0.717) is 11.5 Å². The normalized spacial score (nSPS) is 12.5. The molecule has 0 heterocycles. The predicted molar refractivity (Wildman–Crippen MR) is 115 cm³/mol. The Balaban J connectivity index is 1.68. The fourth-order valence-electron chi connectivity index (χ4n) is 2.69. The molecular weight excluding hydrogens is 428 g/mol. The Hall–Kier alpha value is -1.56. The van der Waals surface area contributed by atoms with Gasteiger partial charge < -0.3 is 4.18 Å². The van der Waals surface area contributed by atoms with Gasteiger partial charge in [-0.1, -0.05) is 94.8 Å². The zero-order valence-electron chi connectivity index (χ0n) is 14.1. The van der Waals surface area contributed by atoms with E-state index in [1.165, 1.54) is 21.9 Å². The van der Waals surface area contributed by atoms with Crippen LogP contribution >= 0.6 is 26.7 Å². The van der Waals surface area contributed by atoms with Crippen LogP contribution in [0.5, 0.6) is 5.75 Å². The van der Waals surface area contributed by atoms with E-state index in [4.69, 9.17) is 4.18 Å². The highest BCUT2D eigenvalue weighted by atomic mass is 79.9. The van der Waals surface area contributed by atoms with Crippen molar-refractivity contribution in [3.63, 3.8) is 0 Å². The Kier molecular flexibility index (Phi) is 6.94. The Bertz CT molecular complexity index is 787. The van der Waals surface area contributed by atoms with E-state index in [1.807, 2.05) is 54.6 Å². The number of alkyl halides is 1. The topological polar surface area (TPSA) is 26.3 Å². The molecule has 2 nitrogen and oxygen atoms in total. The van der Waals surface area contributed by atoms with Crippen molar-refractivity contribution in [1.82, 2.24) is 0 Å². The third-order valence-corrected chi connectivity index (χ3v) is 7.48. The van der Waals surface area contributed by atoms with Gasteiger partial charge in [0, 0.05) is 5.75 Å². The Labute approximate surface area is 169 Å². The lowest BCUT2D eigenvalue weighted by Gasteiger charge is -2.28. The number of benzene rings is 3. The van der Waals surface area contributed by atoms with Gasteiger partial charge in [0.25, 0.3) is 10.1 Å². The van der Waals surface area contributed by atoms with Gasteiger partial charge in [-0.05, 0) is 40.5 Å². The molecule has 3 aromatic carbocycles. The fraction of sp³-hybridized carbons (Fsp3) is 0.143. The summed E-state index contributed by atoms with van der Waals surface area (Å²) in [6, 6.07) is 29.9. The molecular formula is C21H19BrO2S2. The molecule has 0 bridgehead atoms. The number of halogens is 1. The molecule has 0 aliphatic heterocycles. The van der Waals surface area contributed by atoms with Gasteiger partial charge in [0.2, 0.25) is 0 Å². The highest BCUT2D eigenvalue weighted by Crippen LogP contribution is 2.42. The molecule has 0 radical (unpaired) electrons. The Morgan fingerprint density at radius 2 is 1.27 bits per heavy atom. The maximum absolute atomic E-state index is 12.2. The molecule has 1 unspecified atom stereocenters. The molecule has 0 saturated heterocycles. The van der Waals surface area contributed by atoms with Crippen molar-refractivity contribution >= 4 is 36.8 Å². The van der Waals surface area contributed by atoms with Crippen molar-refractivity contribution in [2.75, 3.05) is 5.75 Å². The second kappa shape index (κ2) is 9.40. The molecule has 5 heteroatoms. The summed E-state index contributed by atoms with van der Waals surface area (Å²) in [4.78, 5) is 0. The van der Waals surface area contributed by atoms with Gasteiger partial charge in [-0.25, -0.2) is 4.21 Å². The second-order valence-corrected chi connectivity index (χ2v) is 9.80. The maximum atomic E-state index is 12.2. The molecule has 0 aromatic heterocycles. The molecule has 3 rings (SSSR count). The molecule has 0 amide bonds. The van der Waals surface area contributed by atoms with Crippen LogP contribution in [0.3, 0.4) is 0 Å². The SMILES string of the molecule is O=S(Oc1ccccc1)SCCC(Br)(c1ccccc1)c1ccccc1. The molecule has 1 atom stereocenters. The standard InChI is InChI=1S/C21H19BrO2S2/c22-21(18-10-4-1-5-11-18,19-12-6-2-7-13-19)16-17-25-26(23)24-20-14-8-3-9-15-20/h1-15H,16-17H2. The average molecular weight is 447 g/mol. The van der Waals surface area contributed by atoms with E-state index in [9.17, 15) is 4.21 Å². The first kappa shape index (κ1) is 19.2. The third-order valence-electron chi connectivity index (χ3n) is 4.00. The van der Waals surface area contributed by atoms with Gasteiger partial charge in [-0.3, -0.25) is 0 Å². The number of para-hydroxylation sites is 1. The summed E-state index contributed by atoms with van der Waals surface area (Å²) in [5, 5.41) is 0. The predicted octanol–water partition coefficient (Wildman–Crippen LogP) is 6.11. The highest BCUT2D eigenvalue weighted by molar-refractivity contribution is 9.09. The first-order chi connectivity index (χ1) is 12.7. The van der Waals surface area contributed by atoms with Crippen molar-refractivity contribution in [2.45, 2.75) is 10.7 Å². The van der Waals surface area contributed by atoms with Crippen molar-refractivity contribution < 1.29 is 8.39 Å². The van der Waals surface area contributed by atoms with Crippen LogP contribution in [-0.2, 0) is 14.4 Å². The summed E-state index contributed by atoms with van der Waals surface area (Å²) in [5.74, 6) is 1.31. The first-order valence-electron chi connectivity index (χ1n) is 8.27. The van der Waals surface area contributed by atoms with Gasteiger partial charge in [-0.15, -0.1) is 0 Å². The zero-order chi connectivity index (χ0) is 18.2. The molecule has 3 aromatic rings. The van der Waals surface area contributed by atoms with E-state index in [1.54, 1.807) is 12.1 Å². The van der Waals surface area contributed by atoms with Gasteiger partial charge in [-0.2, -0.15) is 0 Å². The Morgan fingerprint density at radius 3 is 1.77 bits per heavy atom. The molecule has 0 aliphatic rings. The van der Waals surface area contributed by atoms with Crippen LogP contribution in [0.4, 0.5) is 0 Å². The number of hydrogen-bond acceptors (Lipinski definition) is 3. The summed E-state index contributed by atoms with van der Waals surface area (Å²) < 4.78 is 17.3. The minimum atomic E-state index is -1.42. The van der Waals surface area contributed by atoms with Crippen molar-refractivity contribution in [1.29, 1.82) is 0 Å². The van der Waals surface area contributed by atoms with E-state index in [2.05, 4.69) is 40.2 Å².